The molecule has 4 rings (SSSR count). The Kier molecular flexibility index (Phi) is 9.06. The zero-order chi connectivity index (χ0) is 30.4. The van der Waals surface area contributed by atoms with Crippen LogP contribution in [-0.2, 0) is 57.8 Å². The molecular weight excluding hydrogens is 561 g/mol. The van der Waals surface area contributed by atoms with Crippen LogP contribution in [0.25, 0.3) is 0 Å². The van der Waals surface area contributed by atoms with E-state index in [1.54, 1.807) is 0 Å². The molecule has 226 valence electrons. The van der Waals surface area contributed by atoms with Crippen LogP contribution in [0.4, 0.5) is 0 Å². The second kappa shape index (κ2) is 11.5. The Morgan fingerprint density at radius 2 is 1.41 bits per heavy atom. The summed E-state index contributed by atoms with van der Waals surface area (Å²) in [5, 5.41) is 0.0544. The molecule has 0 saturated heterocycles. The normalized spacial score (nSPS) is 17.2. The van der Waals surface area contributed by atoms with Crippen molar-refractivity contribution < 1.29 is 13.4 Å². The minimum atomic E-state index is -3.18. The van der Waals surface area contributed by atoms with Crippen molar-refractivity contribution in [1.82, 2.24) is 4.39 Å². The third-order valence-electron chi connectivity index (χ3n) is 10.1. The summed E-state index contributed by atoms with van der Waals surface area (Å²) in [6.45, 7) is 22.6. The number of rotatable bonds is 8. The van der Waals surface area contributed by atoms with Gasteiger partial charge in [0, 0.05) is 0 Å². The zero-order valence-corrected chi connectivity index (χ0v) is 29.9. The fourth-order valence-corrected chi connectivity index (χ4v) is 11.9. The summed E-state index contributed by atoms with van der Waals surface area (Å²) in [7, 11) is -7.36. The van der Waals surface area contributed by atoms with Gasteiger partial charge in [0.05, 0.1) is 17.9 Å². The van der Waals surface area contributed by atoms with Crippen LogP contribution in [0.5, 0.6) is 0 Å². The fourth-order valence-electron chi connectivity index (χ4n) is 5.36. The summed E-state index contributed by atoms with van der Waals surface area (Å²) in [6.07, 6.45) is 6.77. The van der Waals surface area contributed by atoms with Crippen molar-refractivity contribution in [3.05, 3.63) is 63.7 Å². The third-order valence-corrected chi connectivity index (χ3v) is 22.8. The smallest absolute Gasteiger partial charge is 0.259 e. The molecule has 8 heteroatoms. The first-order valence-electron chi connectivity index (χ1n) is 15.3. The molecule has 2 aliphatic rings. The number of nitrogens with one attached hydrogen (secondary N) is 1. The molecule has 0 aromatic heterocycles. The second-order valence-electron chi connectivity index (χ2n) is 15.2. The van der Waals surface area contributed by atoms with Gasteiger partial charge < -0.3 is 4.43 Å². The highest BCUT2D eigenvalue weighted by atomic mass is 32.2. The van der Waals surface area contributed by atoms with Crippen molar-refractivity contribution >= 4 is 32.4 Å². The Morgan fingerprint density at radius 1 is 0.878 bits per heavy atom. The van der Waals surface area contributed by atoms with E-state index >= 15 is 0 Å². The molecule has 0 heterocycles. The highest BCUT2D eigenvalue weighted by molar-refractivity contribution is 7.93. The van der Waals surface area contributed by atoms with E-state index in [2.05, 4.69) is 82.5 Å². The lowest BCUT2D eigenvalue weighted by Crippen LogP contribution is -2.54. The number of nitrogens with zero attached hydrogens (tertiary/aromatic N) is 1. The standard InChI is InChI=1S/C33H52N2O3SSi2/c1-32(2,3)40(7,8)35-39(37,27-19-17-24(18-20-27)23-38-41(9,10)33(4,5)6)34-31(36)22-30-28-15-11-13-25(28)21-26-14-12-16-29(26)30/h17-21H,11-16,22-23H2,1-10H3,(H,34,35,36,37). The van der Waals surface area contributed by atoms with Gasteiger partial charge in [-0.25, -0.2) is 8.60 Å². The van der Waals surface area contributed by atoms with Crippen LogP contribution in [0, 0.1) is 0 Å². The van der Waals surface area contributed by atoms with Crippen LogP contribution in [-0.4, -0.2) is 26.7 Å². The predicted molar refractivity (Wildman–Crippen MR) is 177 cm³/mol. The van der Waals surface area contributed by atoms with Gasteiger partial charge in [0.2, 0.25) is 0 Å². The van der Waals surface area contributed by atoms with E-state index in [1.165, 1.54) is 27.8 Å². The maximum absolute atomic E-state index is 14.8. The van der Waals surface area contributed by atoms with Gasteiger partial charge in [0.1, 0.15) is 18.2 Å². The summed E-state index contributed by atoms with van der Waals surface area (Å²) in [4.78, 5) is 14.3. The van der Waals surface area contributed by atoms with Gasteiger partial charge in [-0.1, -0.05) is 72.8 Å². The molecule has 5 nitrogen and oxygen atoms in total. The lowest BCUT2D eigenvalue weighted by atomic mass is 9.92. The van der Waals surface area contributed by atoms with Gasteiger partial charge in [-0.15, -0.1) is 4.36 Å². The molecule has 0 aliphatic heterocycles. The zero-order valence-electron chi connectivity index (χ0n) is 27.1. The van der Waals surface area contributed by atoms with Crippen LogP contribution in [0.15, 0.2) is 39.6 Å². The van der Waals surface area contributed by atoms with Crippen molar-refractivity contribution in [2.75, 3.05) is 0 Å². The number of benzene rings is 2. The van der Waals surface area contributed by atoms with E-state index in [0.717, 1.165) is 44.1 Å². The molecule has 2 aromatic carbocycles. The van der Waals surface area contributed by atoms with Gasteiger partial charge >= 0.3 is 0 Å². The van der Waals surface area contributed by atoms with Gasteiger partial charge in [0.25, 0.3) is 5.91 Å². The largest absolute Gasteiger partial charge is 0.413 e. The highest BCUT2D eigenvalue weighted by Gasteiger charge is 2.40. The van der Waals surface area contributed by atoms with Crippen LogP contribution in [0.1, 0.15) is 87.8 Å². The number of fused-ring (bicyclic) bond motifs is 2. The highest BCUT2D eigenvalue weighted by Crippen LogP contribution is 2.38. The van der Waals surface area contributed by atoms with Crippen molar-refractivity contribution in [1.29, 1.82) is 0 Å². The van der Waals surface area contributed by atoms with Gasteiger partial charge in [-0.3, -0.25) is 4.79 Å². The summed E-state index contributed by atoms with van der Waals surface area (Å²) >= 11 is 0. The number of carbonyl (C=O) groups is 1. The van der Waals surface area contributed by atoms with E-state index < -0.39 is 26.5 Å². The van der Waals surface area contributed by atoms with Gasteiger partial charge in [-0.2, -0.15) is 0 Å². The molecule has 0 fully saturated rings. The van der Waals surface area contributed by atoms with Crippen molar-refractivity contribution in [3.8, 4) is 0 Å². The Hall–Kier alpha value is -1.59. The van der Waals surface area contributed by atoms with Crippen molar-refractivity contribution in [2.45, 2.75) is 134 Å². The maximum atomic E-state index is 14.8. The molecule has 1 atom stereocenters. The Bertz CT molecular complexity index is 1390. The Morgan fingerprint density at radius 3 is 1.90 bits per heavy atom. The first-order chi connectivity index (χ1) is 18.8. The third kappa shape index (κ3) is 6.98. The minimum Gasteiger partial charge on any atom is -0.413 e. The SMILES string of the molecule is CC(C)(C)[Si](C)(C)NS(=O)(=NC(=O)Cc1c2c(cc3c1CCC3)CCC2)c1ccc(CO[Si](C)(C)C(C)(C)C)cc1. The lowest BCUT2D eigenvalue weighted by molar-refractivity contribution is -0.117. The molecule has 0 radical (unpaired) electrons. The number of carbonyl (C=O) groups excluding carboxylic acids is 1. The molecule has 41 heavy (non-hydrogen) atoms. The predicted octanol–water partition coefficient (Wildman–Crippen LogP) is 8.29. The first kappa shape index (κ1) is 32.3. The van der Waals surface area contributed by atoms with E-state index in [4.69, 9.17) is 4.43 Å². The lowest BCUT2D eigenvalue weighted by Gasteiger charge is -2.38. The summed E-state index contributed by atoms with van der Waals surface area (Å²) in [6, 6.07) is 10.1. The molecule has 1 unspecified atom stereocenters. The number of hydrogen-bond donors (Lipinski definition) is 1. The average molecular weight is 613 g/mol. The molecule has 1 N–H and O–H groups in total. The van der Waals surface area contributed by atoms with E-state index in [-0.39, 0.29) is 22.4 Å². The van der Waals surface area contributed by atoms with E-state index in [9.17, 15) is 9.00 Å². The summed E-state index contributed by atoms with van der Waals surface area (Å²) in [5.74, 6) is -0.291. The minimum absolute atomic E-state index is 0.0771. The molecular formula is C33H52N2O3SSi2. The molecule has 2 aromatic rings. The monoisotopic (exact) mass is 612 g/mol. The fraction of sp³-hybridized carbons (Fsp3) is 0.606. The molecule has 2 aliphatic carbocycles. The van der Waals surface area contributed by atoms with Gasteiger partial charge in [-0.05, 0) is 107 Å². The molecule has 1 amide bonds. The maximum Gasteiger partial charge on any atom is 0.259 e. The Balaban J connectivity index is 1.68. The first-order valence-corrected chi connectivity index (χ1v) is 22.7. The van der Waals surface area contributed by atoms with Crippen molar-refractivity contribution in [3.63, 3.8) is 0 Å². The Labute approximate surface area is 251 Å². The van der Waals surface area contributed by atoms with Crippen LogP contribution >= 0.6 is 0 Å². The topological polar surface area (TPSA) is 67.8 Å². The average Bonchev–Trinajstić information content (AvgIpc) is 3.50. The van der Waals surface area contributed by atoms with Gasteiger partial charge in [0.15, 0.2) is 8.32 Å². The van der Waals surface area contributed by atoms with E-state index in [0.29, 0.717) is 11.5 Å². The number of amides is 1. The summed E-state index contributed by atoms with van der Waals surface area (Å²) < 4.78 is 29.3. The van der Waals surface area contributed by atoms with Crippen LogP contribution < -0.4 is 4.39 Å². The molecule has 0 saturated carbocycles. The van der Waals surface area contributed by atoms with E-state index in [1.807, 2.05) is 24.3 Å². The van der Waals surface area contributed by atoms with Crippen LogP contribution in [0.3, 0.4) is 0 Å². The summed E-state index contributed by atoms with van der Waals surface area (Å²) in [5.41, 5.74) is 7.73. The van der Waals surface area contributed by atoms with Crippen molar-refractivity contribution in [2.24, 2.45) is 4.36 Å². The van der Waals surface area contributed by atoms with Crippen LogP contribution in [0.2, 0.25) is 36.3 Å². The molecule has 0 spiro atoms. The quantitative estimate of drug-likeness (QED) is 0.305. The number of aryl methyl sites for hydroxylation is 2. The number of hydrogen-bond acceptors (Lipinski definition) is 3. The second-order valence-corrected chi connectivity index (χ2v) is 27.3. The molecule has 0 bridgehead atoms.